The maximum atomic E-state index is 13.4. The minimum absolute atomic E-state index is 0.00633. The molecule has 5 nitrogen and oxygen atoms in total. The summed E-state index contributed by atoms with van der Waals surface area (Å²) in [5.74, 6) is 1.16. The largest absolute Gasteiger partial charge is 0.445 e. The molecule has 0 aliphatic carbocycles. The lowest BCUT2D eigenvalue weighted by molar-refractivity contribution is 0.0693. The zero-order valence-corrected chi connectivity index (χ0v) is 17.4. The maximum Gasteiger partial charge on any atom is 0.270 e. The van der Waals surface area contributed by atoms with Crippen LogP contribution in [0.4, 0.5) is 4.39 Å². The Hall–Kier alpha value is -3.41. The molecule has 0 unspecified atom stereocenters. The second kappa shape index (κ2) is 8.02. The van der Waals surface area contributed by atoms with Crippen LogP contribution in [0, 0.1) is 12.7 Å². The van der Waals surface area contributed by atoms with Crippen LogP contribution in [-0.4, -0.2) is 33.9 Å². The first kappa shape index (κ1) is 19.5. The molecule has 0 radical (unpaired) electrons. The fourth-order valence-electron chi connectivity index (χ4n) is 4.40. The number of rotatable bonds is 4. The summed E-state index contributed by atoms with van der Waals surface area (Å²) in [5.41, 5.74) is 3.59. The highest BCUT2D eigenvalue weighted by atomic mass is 19.1. The molecule has 2 aromatic carbocycles. The number of carbonyl (C=O) groups is 1. The van der Waals surface area contributed by atoms with Crippen molar-refractivity contribution in [3.8, 4) is 0 Å². The van der Waals surface area contributed by atoms with Gasteiger partial charge in [0.2, 0.25) is 0 Å². The molecule has 0 saturated carbocycles. The summed E-state index contributed by atoms with van der Waals surface area (Å²) in [6.45, 7) is 3.35. The highest BCUT2D eigenvalue weighted by molar-refractivity contribution is 5.98. The number of fused-ring (bicyclic) bond motifs is 1. The number of hydrogen-bond acceptors (Lipinski definition) is 3. The van der Waals surface area contributed by atoms with Crippen LogP contribution in [0.3, 0.4) is 0 Å². The van der Waals surface area contributed by atoms with Gasteiger partial charge in [0.05, 0.1) is 12.1 Å². The van der Waals surface area contributed by atoms with Crippen LogP contribution < -0.4 is 0 Å². The Morgan fingerprint density at radius 3 is 2.97 bits per heavy atom. The van der Waals surface area contributed by atoms with E-state index in [0.717, 1.165) is 41.4 Å². The summed E-state index contributed by atoms with van der Waals surface area (Å²) in [5, 5.41) is 1.08. The number of benzene rings is 2. The first-order chi connectivity index (χ1) is 15.1. The van der Waals surface area contributed by atoms with Crippen molar-refractivity contribution in [2.45, 2.75) is 32.1 Å². The van der Waals surface area contributed by atoms with Gasteiger partial charge in [-0.15, -0.1) is 0 Å². The van der Waals surface area contributed by atoms with Gasteiger partial charge in [-0.05, 0) is 55.2 Å². The lowest BCUT2D eigenvalue weighted by Gasteiger charge is -2.31. The maximum absolute atomic E-state index is 13.4. The van der Waals surface area contributed by atoms with Crippen LogP contribution in [0.25, 0.3) is 10.9 Å². The van der Waals surface area contributed by atoms with Gasteiger partial charge in [-0.25, -0.2) is 9.37 Å². The van der Waals surface area contributed by atoms with Gasteiger partial charge in [-0.3, -0.25) is 4.79 Å². The van der Waals surface area contributed by atoms with Crippen LogP contribution in [0.2, 0.25) is 0 Å². The summed E-state index contributed by atoms with van der Waals surface area (Å²) < 4.78 is 19.4. The number of oxazole rings is 1. The number of amides is 1. The highest BCUT2D eigenvalue weighted by Crippen LogP contribution is 2.29. The number of halogens is 1. The molecule has 0 spiro atoms. The van der Waals surface area contributed by atoms with Crippen molar-refractivity contribution in [2.75, 3.05) is 13.1 Å². The van der Waals surface area contributed by atoms with E-state index in [2.05, 4.69) is 9.97 Å². The molecule has 1 N–H and O–H groups in total. The minimum atomic E-state index is -0.258. The van der Waals surface area contributed by atoms with Gasteiger partial charge in [-0.2, -0.15) is 0 Å². The molecule has 1 saturated heterocycles. The third kappa shape index (κ3) is 3.98. The van der Waals surface area contributed by atoms with E-state index in [4.69, 9.17) is 4.42 Å². The van der Waals surface area contributed by atoms with Crippen molar-refractivity contribution in [1.82, 2.24) is 14.9 Å². The number of nitrogens with zero attached hydrogens (tertiary/aromatic N) is 2. The van der Waals surface area contributed by atoms with Crippen molar-refractivity contribution in [3.63, 3.8) is 0 Å². The van der Waals surface area contributed by atoms with E-state index in [1.54, 1.807) is 12.3 Å². The zero-order valence-electron chi connectivity index (χ0n) is 17.4. The average molecular weight is 417 g/mol. The van der Waals surface area contributed by atoms with Crippen molar-refractivity contribution in [1.29, 1.82) is 0 Å². The summed E-state index contributed by atoms with van der Waals surface area (Å²) in [6.07, 6.45) is 4.03. The number of likely N-dealkylation sites (tertiary alicyclic amines) is 1. The van der Waals surface area contributed by atoms with E-state index in [-0.39, 0.29) is 17.6 Å². The number of piperidine rings is 1. The molecule has 0 bridgehead atoms. The normalized spacial score (nSPS) is 16.7. The summed E-state index contributed by atoms with van der Waals surface area (Å²) in [7, 11) is 0. The molecule has 31 heavy (non-hydrogen) atoms. The Labute approximate surface area is 179 Å². The monoisotopic (exact) mass is 417 g/mol. The fourth-order valence-corrected chi connectivity index (χ4v) is 4.40. The predicted molar refractivity (Wildman–Crippen MR) is 117 cm³/mol. The molecule has 158 valence electrons. The lowest BCUT2D eigenvalue weighted by atomic mass is 9.97. The van der Waals surface area contributed by atoms with E-state index >= 15 is 0 Å². The quantitative estimate of drug-likeness (QED) is 0.496. The second-order valence-electron chi connectivity index (χ2n) is 8.28. The first-order valence-electron chi connectivity index (χ1n) is 10.6. The molecule has 5 rings (SSSR count). The lowest BCUT2D eigenvalue weighted by Crippen LogP contribution is -2.39. The Bertz CT molecular complexity index is 1240. The summed E-state index contributed by atoms with van der Waals surface area (Å²) in [4.78, 5) is 22.8. The van der Waals surface area contributed by atoms with Crippen LogP contribution >= 0.6 is 0 Å². The van der Waals surface area contributed by atoms with Crippen LogP contribution in [0.15, 0.2) is 59.1 Å². The van der Waals surface area contributed by atoms with Crippen molar-refractivity contribution in [3.05, 3.63) is 89.0 Å². The molecule has 3 heterocycles. The number of aromatic amines is 1. The van der Waals surface area contributed by atoms with Gasteiger partial charge in [-0.1, -0.05) is 24.3 Å². The Balaban J connectivity index is 1.30. The Kier molecular flexibility index (Phi) is 5.06. The van der Waals surface area contributed by atoms with E-state index in [1.165, 1.54) is 12.1 Å². The van der Waals surface area contributed by atoms with E-state index in [0.29, 0.717) is 30.3 Å². The van der Waals surface area contributed by atoms with Gasteiger partial charge >= 0.3 is 0 Å². The smallest absolute Gasteiger partial charge is 0.270 e. The molecule has 1 aliphatic heterocycles. The van der Waals surface area contributed by atoms with E-state index in [9.17, 15) is 9.18 Å². The molecule has 4 aromatic rings. The number of carbonyl (C=O) groups excluding carboxylic acids is 1. The van der Waals surface area contributed by atoms with Crippen molar-refractivity contribution < 1.29 is 13.6 Å². The van der Waals surface area contributed by atoms with Crippen LogP contribution in [0.1, 0.15) is 52.0 Å². The standard InChI is InChI=1S/C25H24FN3O2/c1-16-5-2-9-22-21(16)13-23(28-22)25(30)29-10-4-7-18(15-29)24-27-14-20(31-24)12-17-6-3-8-19(26)11-17/h2-3,5-6,8-9,11,13-14,18,28H,4,7,10,12,15H2,1H3/t18-/m1/s1. The van der Waals surface area contributed by atoms with Gasteiger partial charge < -0.3 is 14.3 Å². The third-order valence-corrected chi connectivity index (χ3v) is 6.01. The molecule has 2 aromatic heterocycles. The van der Waals surface area contributed by atoms with Crippen molar-refractivity contribution in [2.24, 2.45) is 0 Å². The Morgan fingerprint density at radius 1 is 1.26 bits per heavy atom. The number of nitrogens with one attached hydrogen (secondary N) is 1. The predicted octanol–water partition coefficient (Wildman–Crippen LogP) is 5.21. The topological polar surface area (TPSA) is 62.1 Å². The molecular formula is C25H24FN3O2. The van der Waals surface area contributed by atoms with Crippen LogP contribution in [0.5, 0.6) is 0 Å². The third-order valence-electron chi connectivity index (χ3n) is 6.01. The Morgan fingerprint density at radius 2 is 2.13 bits per heavy atom. The molecule has 1 atom stereocenters. The van der Waals surface area contributed by atoms with Crippen molar-refractivity contribution >= 4 is 16.8 Å². The van der Waals surface area contributed by atoms with Gasteiger partial charge in [0.15, 0.2) is 5.89 Å². The zero-order chi connectivity index (χ0) is 21.4. The minimum Gasteiger partial charge on any atom is -0.445 e. The average Bonchev–Trinajstić information content (AvgIpc) is 3.41. The van der Waals surface area contributed by atoms with Gasteiger partial charge in [0.1, 0.15) is 17.3 Å². The summed E-state index contributed by atoms with van der Waals surface area (Å²) >= 11 is 0. The first-order valence-corrected chi connectivity index (χ1v) is 10.6. The number of hydrogen-bond donors (Lipinski definition) is 1. The molecule has 1 amide bonds. The van der Waals surface area contributed by atoms with E-state index in [1.807, 2.05) is 42.2 Å². The molecule has 6 heteroatoms. The highest BCUT2D eigenvalue weighted by Gasteiger charge is 2.29. The molecular weight excluding hydrogens is 393 g/mol. The number of aryl methyl sites for hydroxylation is 1. The fraction of sp³-hybridized carbons (Fsp3) is 0.280. The van der Waals surface area contributed by atoms with E-state index < -0.39 is 0 Å². The molecule has 1 aliphatic rings. The van der Waals surface area contributed by atoms with Crippen LogP contribution in [-0.2, 0) is 6.42 Å². The SMILES string of the molecule is Cc1cccc2[nH]c(C(=O)N3CCC[C@@H](c4ncc(Cc5cccc(F)c5)o4)C3)cc12. The van der Waals surface area contributed by atoms with Gasteiger partial charge in [0.25, 0.3) is 5.91 Å². The number of aromatic nitrogens is 2. The summed E-state index contributed by atoms with van der Waals surface area (Å²) in [6, 6.07) is 14.5. The number of H-pyrrole nitrogens is 1. The second-order valence-corrected chi connectivity index (χ2v) is 8.28. The molecule has 1 fully saturated rings. The van der Waals surface area contributed by atoms with Gasteiger partial charge in [0, 0.05) is 30.4 Å².